The summed E-state index contributed by atoms with van der Waals surface area (Å²) in [5.74, 6) is -1.51. The second-order valence-corrected chi connectivity index (χ2v) is 6.71. The maximum absolute atomic E-state index is 13.0. The molecular weight excluding hydrogens is 423 g/mol. The van der Waals surface area contributed by atoms with Crippen molar-refractivity contribution in [2.75, 3.05) is 11.9 Å². The monoisotopic (exact) mass is 436 g/mol. The van der Waals surface area contributed by atoms with Crippen molar-refractivity contribution in [2.24, 2.45) is 0 Å². The Labute approximate surface area is 171 Å². The number of rotatable bonds is 5. The number of carboxylic acids is 1. The molecule has 0 aliphatic carbocycles. The number of alkyl halides is 3. The van der Waals surface area contributed by atoms with Crippen LogP contribution in [-0.2, 0) is 6.18 Å². The quantitative estimate of drug-likeness (QED) is 0.635. The van der Waals surface area contributed by atoms with E-state index in [0.717, 1.165) is 22.9 Å². The number of thiazole rings is 1. The second kappa shape index (κ2) is 8.45. The zero-order valence-electron chi connectivity index (χ0n) is 15.3. The van der Waals surface area contributed by atoms with Gasteiger partial charge in [-0.25, -0.2) is 14.8 Å². The van der Waals surface area contributed by atoms with E-state index in [1.807, 2.05) is 0 Å². The van der Waals surface area contributed by atoms with Gasteiger partial charge in [0.2, 0.25) is 0 Å². The fourth-order valence-electron chi connectivity index (χ4n) is 2.52. The summed E-state index contributed by atoms with van der Waals surface area (Å²) in [6, 6.07) is 2.05. The van der Waals surface area contributed by atoms with Gasteiger partial charge in [-0.2, -0.15) is 13.2 Å². The molecular formula is C18H13F3N5O3S-. The van der Waals surface area contributed by atoms with E-state index < -0.39 is 23.9 Å². The molecule has 0 bridgehead atoms. The van der Waals surface area contributed by atoms with Crippen molar-refractivity contribution in [3.05, 3.63) is 47.4 Å². The van der Waals surface area contributed by atoms with E-state index in [0.29, 0.717) is 6.54 Å². The summed E-state index contributed by atoms with van der Waals surface area (Å²) < 4.78 is 38.9. The number of nitrogens with one attached hydrogen (secondary N) is 2. The zero-order chi connectivity index (χ0) is 21.9. The van der Waals surface area contributed by atoms with Crippen molar-refractivity contribution in [3.63, 3.8) is 0 Å². The number of hydrogen-bond donors (Lipinski definition) is 2. The van der Waals surface area contributed by atoms with Gasteiger partial charge in [-0.05, 0) is 19.1 Å². The van der Waals surface area contributed by atoms with Crippen LogP contribution in [0.1, 0.15) is 23.0 Å². The van der Waals surface area contributed by atoms with Gasteiger partial charge in [0.1, 0.15) is 10.8 Å². The molecule has 12 heteroatoms. The molecule has 3 rings (SSSR count). The van der Waals surface area contributed by atoms with Crippen molar-refractivity contribution in [3.8, 4) is 21.7 Å². The van der Waals surface area contributed by atoms with Crippen LogP contribution in [0.3, 0.4) is 0 Å². The number of carboxylic acid groups (broad SMARTS) is 1. The lowest BCUT2D eigenvalue weighted by atomic mass is 10.0. The third kappa shape index (κ3) is 4.54. The van der Waals surface area contributed by atoms with Gasteiger partial charge in [0, 0.05) is 52.8 Å². The summed E-state index contributed by atoms with van der Waals surface area (Å²) >= 11 is 0.769. The van der Waals surface area contributed by atoms with Crippen molar-refractivity contribution in [2.45, 2.75) is 13.1 Å². The number of halogens is 3. The number of pyridine rings is 2. The van der Waals surface area contributed by atoms with Crippen LogP contribution in [0.5, 0.6) is 0 Å². The average molecular weight is 436 g/mol. The van der Waals surface area contributed by atoms with E-state index in [2.05, 4.69) is 25.6 Å². The van der Waals surface area contributed by atoms with Crippen LogP contribution in [0.25, 0.3) is 21.7 Å². The minimum Gasteiger partial charge on any atom is -0.545 e. The van der Waals surface area contributed by atoms with E-state index in [1.165, 1.54) is 24.5 Å². The first-order chi connectivity index (χ1) is 14.2. The van der Waals surface area contributed by atoms with Gasteiger partial charge in [-0.3, -0.25) is 10.3 Å². The Balaban J connectivity index is 2.15. The summed E-state index contributed by atoms with van der Waals surface area (Å²) in [6.07, 6.45) is -0.922. The van der Waals surface area contributed by atoms with Crippen molar-refractivity contribution < 1.29 is 27.9 Å². The van der Waals surface area contributed by atoms with Crippen LogP contribution in [0, 0.1) is 0 Å². The van der Waals surface area contributed by atoms with Gasteiger partial charge in [-0.15, -0.1) is 11.3 Å². The molecule has 30 heavy (non-hydrogen) atoms. The van der Waals surface area contributed by atoms with Gasteiger partial charge in [0.25, 0.3) is 0 Å². The smallest absolute Gasteiger partial charge is 0.434 e. The highest BCUT2D eigenvalue weighted by atomic mass is 32.1. The number of aromatic carboxylic acids is 1. The lowest BCUT2D eigenvalue weighted by Crippen LogP contribution is -2.29. The average Bonchev–Trinajstić information content (AvgIpc) is 3.19. The fourth-order valence-corrected chi connectivity index (χ4v) is 3.38. The van der Waals surface area contributed by atoms with Crippen molar-refractivity contribution >= 4 is 29.2 Å². The van der Waals surface area contributed by atoms with Crippen LogP contribution >= 0.6 is 11.3 Å². The maximum atomic E-state index is 13.0. The Morgan fingerprint density at radius 3 is 2.60 bits per heavy atom. The number of aromatic nitrogens is 3. The third-order valence-electron chi connectivity index (χ3n) is 3.83. The van der Waals surface area contributed by atoms with E-state index in [9.17, 15) is 27.9 Å². The van der Waals surface area contributed by atoms with Crippen LogP contribution in [0.4, 0.5) is 23.8 Å². The molecule has 0 aliphatic rings. The first kappa shape index (κ1) is 21.2. The van der Waals surface area contributed by atoms with Crippen LogP contribution < -0.4 is 15.7 Å². The maximum Gasteiger partial charge on any atom is 0.434 e. The van der Waals surface area contributed by atoms with Gasteiger partial charge in [-0.1, -0.05) is 0 Å². The largest absolute Gasteiger partial charge is 0.545 e. The van der Waals surface area contributed by atoms with Gasteiger partial charge < -0.3 is 15.2 Å². The minimum absolute atomic E-state index is 0.00667. The predicted octanol–water partition coefficient (Wildman–Crippen LogP) is 2.79. The summed E-state index contributed by atoms with van der Waals surface area (Å²) in [4.78, 5) is 34.8. The molecule has 0 unspecified atom stereocenters. The minimum atomic E-state index is -4.61. The molecule has 3 aromatic heterocycles. The Hall–Kier alpha value is -3.54. The Kier molecular flexibility index (Phi) is 5.96. The van der Waals surface area contributed by atoms with Crippen LogP contribution in [0.2, 0.25) is 0 Å². The number of carbonyl (C=O) groups excluding carboxylic acids is 2. The zero-order valence-corrected chi connectivity index (χ0v) is 16.1. The molecule has 0 radical (unpaired) electrons. The normalized spacial score (nSPS) is 11.2. The first-order valence-corrected chi connectivity index (χ1v) is 9.32. The molecule has 0 fully saturated rings. The Bertz CT molecular complexity index is 1100. The highest BCUT2D eigenvalue weighted by molar-refractivity contribution is 7.13. The number of urea groups is 1. The van der Waals surface area contributed by atoms with E-state index in [4.69, 9.17) is 0 Å². The molecule has 3 aromatic rings. The number of amides is 2. The lowest BCUT2D eigenvalue weighted by Gasteiger charge is -2.15. The standard InChI is InChI=1S/C18H14F3N5O3S/c1-2-23-17(29)26-14-11(5-9(6-24-14)16(27)28)12-7-22-4-3-10(12)15-25-13(8-30-15)18(19,20)21/h3-8H,2H2,1H3,(H,27,28)(H2,23,24,26,29)/p-1. The topological polar surface area (TPSA) is 120 Å². The predicted molar refractivity (Wildman–Crippen MR) is 101 cm³/mol. The number of carbonyl (C=O) groups is 2. The van der Waals surface area contributed by atoms with E-state index >= 15 is 0 Å². The van der Waals surface area contributed by atoms with Gasteiger partial charge in [0.15, 0.2) is 5.69 Å². The summed E-state index contributed by atoms with van der Waals surface area (Å²) in [5, 5.41) is 17.2. The van der Waals surface area contributed by atoms with Crippen LogP contribution in [0.15, 0.2) is 36.1 Å². The number of nitrogens with zero attached hydrogens (tertiary/aromatic N) is 3. The molecule has 3 heterocycles. The molecule has 0 aliphatic heterocycles. The Morgan fingerprint density at radius 1 is 1.20 bits per heavy atom. The molecule has 0 saturated carbocycles. The highest BCUT2D eigenvalue weighted by Crippen LogP contribution is 2.39. The highest BCUT2D eigenvalue weighted by Gasteiger charge is 2.34. The van der Waals surface area contributed by atoms with E-state index in [1.54, 1.807) is 6.92 Å². The lowest BCUT2D eigenvalue weighted by molar-refractivity contribution is -0.255. The van der Waals surface area contributed by atoms with Crippen LogP contribution in [-0.4, -0.2) is 33.5 Å². The van der Waals surface area contributed by atoms with Gasteiger partial charge >= 0.3 is 12.2 Å². The van der Waals surface area contributed by atoms with E-state index in [-0.39, 0.29) is 33.1 Å². The summed E-state index contributed by atoms with van der Waals surface area (Å²) in [5.41, 5.74) is -0.691. The molecule has 2 N–H and O–H groups in total. The molecule has 0 atom stereocenters. The fraction of sp³-hybridized carbons (Fsp3) is 0.167. The number of hydrogen-bond acceptors (Lipinski definition) is 7. The van der Waals surface area contributed by atoms with Crippen molar-refractivity contribution in [1.82, 2.24) is 20.3 Å². The summed E-state index contributed by atoms with van der Waals surface area (Å²) in [7, 11) is 0. The SMILES string of the molecule is CCNC(=O)Nc1ncc(C(=O)[O-])cc1-c1cnccc1-c1nc(C(F)(F)F)cs1. The molecule has 2 amide bonds. The number of anilines is 1. The van der Waals surface area contributed by atoms with Crippen molar-refractivity contribution in [1.29, 1.82) is 0 Å². The molecule has 0 saturated heterocycles. The molecule has 0 aromatic carbocycles. The first-order valence-electron chi connectivity index (χ1n) is 8.44. The van der Waals surface area contributed by atoms with Gasteiger partial charge in [0.05, 0.1) is 5.97 Å². The molecule has 0 spiro atoms. The Morgan fingerprint density at radius 2 is 1.97 bits per heavy atom. The molecule has 156 valence electrons. The second-order valence-electron chi connectivity index (χ2n) is 5.85. The summed E-state index contributed by atoms with van der Waals surface area (Å²) in [6.45, 7) is 2.03. The third-order valence-corrected chi connectivity index (χ3v) is 4.70. The molecule has 8 nitrogen and oxygen atoms in total.